The molecule has 2 nitrogen and oxygen atoms in total. The normalized spacial score (nSPS) is 10.5. The molecular weight excluding hydrogens is 296 g/mol. The Morgan fingerprint density at radius 3 is 2.88 bits per heavy atom. The van der Waals surface area contributed by atoms with Crippen LogP contribution in [0.5, 0.6) is 0 Å². The van der Waals surface area contributed by atoms with Gasteiger partial charge in [0.05, 0.1) is 17.2 Å². The molecule has 0 atom stereocenters. The second-order valence-electron chi connectivity index (χ2n) is 3.90. The molecule has 0 aliphatic heterocycles. The summed E-state index contributed by atoms with van der Waals surface area (Å²) in [6.07, 6.45) is 1.01. The number of aromatic nitrogens is 1. The number of nitrogens with zero attached hydrogens (tertiary/aromatic N) is 1. The summed E-state index contributed by atoms with van der Waals surface area (Å²) in [5.74, 6) is 0. The van der Waals surface area contributed by atoms with Crippen molar-refractivity contribution in [1.82, 2.24) is 4.98 Å². The maximum absolute atomic E-state index is 4.53. The molecule has 17 heavy (non-hydrogen) atoms. The fraction of sp³-hybridized carbons (Fsp3) is 0.308. The third kappa shape index (κ3) is 3.30. The summed E-state index contributed by atoms with van der Waals surface area (Å²) >= 11 is 5.26. The predicted molar refractivity (Wildman–Crippen MR) is 77.7 cm³/mol. The van der Waals surface area contributed by atoms with Crippen LogP contribution in [0.1, 0.15) is 23.2 Å². The molecule has 0 fully saturated rings. The van der Waals surface area contributed by atoms with Crippen molar-refractivity contribution in [3.8, 4) is 0 Å². The average Bonchev–Trinajstić information content (AvgIpc) is 2.79. The molecule has 4 heteroatoms. The number of benzene rings is 1. The lowest BCUT2D eigenvalue weighted by atomic mass is 10.2. The van der Waals surface area contributed by atoms with E-state index in [2.05, 4.69) is 63.7 Å². The molecule has 0 saturated carbocycles. The summed E-state index contributed by atoms with van der Waals surface area (Å²) in [4.78, 5) is 4.53. The van der Waals surface area contributed by atoms with Crippen molar-refractivity contribution in [1.29, 1.82) is 0 Å². The van der Waals surface area contributed by atoms with Crippen molar-refractivity contribution in [2.24, 2.45) is 0 Å². The average molecular weight is 311 g/mol. The third-order valence-corrected chi connectivity index (χ3v) is 4.44. The minimum atomic E-state index is 0.784. The molecule has 2 rings (SSSR count). The van der Waals surface area contributed by atoms with E-state index < -0.39 is 0 Å². The number of halogens is 1. The number of aryl methyl sites for hydroxylation is 2. The first-order valence-electron chi connectivity index (χ1n) is 5.62. The fourth-order valence-corrected chi connectivity index (χ4v) is 2.61. The molecule has 0 unspecified atom stereocenters. The van der Waals surface area contributed by atoms with E-state index in [-0.39, 0.29) is 0 Å². The van der Waals surface area contributed by atoms with Gasteiger partial charge >= 0.3 is 0 Å². The molecule has 1 N–H and O–H groups in total. The van der Waals surface area contributed by atoms with E-state index in [1.807, 2.05) is 0 Å². The Hall–Kier alpha value is -0.870. The number of hydrogen-bond acceptors (Lipinski definition) is 3. The molecule has 0 radical (unpaired) electrons. The topological polar surface area (TPSA) is 24.9 Å². The number of anilines is 1. The van der Waals surface area contributed by atoms with Gasteiger partial charge in [0, 0.05) is 15.5 Å². The number of rotatable bonds is 4. The second kappa shape index (κ2) is 5.65. The van der Waals surface area contributed by atoms with E-state index in [1.165, 1.54) is 10.6 Å². The Kier molecular flexibility index (Phi) is 4.18. The van der Waals surface area contributed by atoms with E-state index in [4.69, 9.17) is 0 Å². The lowest BCUT2D eigenvalue weighted by molar-refractivity contribution is 1.01. The van der Waals surface area contributed by atoms with Crippen LogP contribution < -0.4 is 5.32 Å². The van der Waals surface area contributed by atoms with Gasteiger partial charge in [0.25, 0.3) is 0 Å². The van der Waals surface area contributed by atoms with Crippen molar-refractivity contribution in [3.05, 3.63) is 44.3 Å². The highest BCUT2D eigenvalue weighted by molar-refractivity contribution is 9.10. The molecule has 1 heterocycles. The fourth-order valence-electron chi connectivity index (χ4n) is 1.49. The second-order valence-corrected chi connectivity index (χ2v) is 5.70. The maximum Gasteiger partial charge on any atom is 0.0926 e. The minimum absolute atomic E-state index is 0.784. The Morgan fingerprint density at radius 1 is 1.41 bits per heavy atom. The van der Waals surface area contributed by atoms with Crippen LogP contribution in [0.4, 0.5) is 5.69 Å². The number of thiazole rings is 1. The largest absolute Gasteiger partial charge is 0.379 e. The first kappa shape index (κ1) is 12.6. The zero-order valence-corrected chi connectivity index (χ0v) is 12.4. The summed E-state index contributed by atoms with van der Waals surface area (Å²) in [5, 5.41) is 6.70. The van der Waals surface area contributed by atoms with E-state index in [1.54, 1.807) is 11.3 Å². The Bertz CT molecular complexity index is 508. The van der Waals surface area contributed by atoms with Crippen LogP contribution in [0, 0.1) is 6.92 Å². The zero-order valence-electron chi connectivity index (χ0n) is 9.96. The van der Waals surface area contributed by atoms with Crippen molar-refractivity contribution in [2.45, 2.75) is 26.8 Å². The van der Waals surface area contributed by atoms with Crippen LogP contribution in [0.15, 0.2) is 28.1 Å². The highest BCUT2D eigenvalue weighted by Crippen LogP contribution is 2.21. The Morgan fingerprint density at radius 2 is 2.24 bits per heavy atom. The first-order chi connectivity index (χ1) is 8.19. The zero-order chi connectivity index (χ0) is 12.3. The van der Waals surface area contributed by atoms with Gasteiger partial charge in [0.15, 0.2) is 0 Å². The van der Waals surface area contributed by atoms with E-state index >= 15 is 0 Å². The molecule has 1 aromatic heterocycles. The van der Waals surface area contributed by atoms with Crippen molar-refractivity contribution in [2.75, 3.05) is 5.32 Å². The monoisotopic (exact) mass is 310 g/mol. The molecule has 0 saturated heterocycles. The molecule has 0 aliphatic rings. The molecule has 0 bridgehead atoms. The maximum atomic E-state index is 4.53. The van der Waals surface area contributed by atoms with E-state index in [0.717, 1.165) is 28.8 Å². The van der Waals surface area contributed by atoms with E-state index in [0.29, 0.717) is 0 Å². The van der Waals surface area contributed by atoms with Crippen molar-refractivity contribution in [3.63, 3.8) is 0 Å². The third-order valence-electron chi connectivity index (χ3n) is 2.55. The summed E-state index contributed by atoms with van der Waals surface area (Å²) in [5.41, 5.74) is 3.48. The lowest BCUT2D eigenvalue weighted by Gasteiger charge is -2.06. The van der Waals surface area contributed by atoms with Crippen LogP contribution >= 0.6 is 27.3 Å². The van der Waals surface area contributed by atoms with Crippen LogP contribution in [-0.2, 0) is 13.0 Å². The first-order valence-corrected chi connectivity index (χ1v) is 7.29. The summed E-state index contributed by atoms with van der Waals surface area (Å²) in [6, 6.07) is 6.29. The van der Waals surface area contributed by atoms with Crippen molar-refractivity contribution >= 4 is 33.0 Å². The summed E-state index contributed by atoms with van der Waals surface area (Å²) < 4.78 is 1.13. The van der Waals surface area contributed by atoms with Gasteiger partial charge in [-0.25, -0.2) is 4.98 Å². The molecular formula is C13H15BrN2S. The molecule has 0 spiro atoms. The van der Waals surface area contributed by atoms with Gasteiger partial charge in [-0.05, 0) is 31.0 Å². The standard InChI is InChI=1S/C13H15BrN2S/c1-3-13-16-11(8-17-13)7-15-10-5-4-9(2)12(14)6-10/h4-6,8,15H,3,7H2,1-2H3. The SMILES string of the molecule is CCc1nc(CNc2ccc(C)c(Br)c2)cs1. The van der Waals surface area contributed by atoms with Crippen molar-refractivity contribution < 1.29 is 0 Å². The highest BCUT2D eigenvalue weighted by atomic mass is 79.9. The lowest BCUT2D eigenvalue weighted by Crippen LogP contribution is -2.00. The molecule has 0 amide bonds. The van der Waals surface area contributed by atoms with Gasteiger partial charge in [-0.2, -0.15) is 0 Å². The molecule has 2 aromatic rings. The molecule has 90 valence electrons. The smallest absolute Gasteiger partial charge is 0.0926 e. The molecule has 1 aromatic carbocycles. The highest BCUT2D eigenvalue weighted by Gasteiger charge is 2.01. The van der Waals surface area contributed by atoms with Crippen LogP contribution in [0.2, 0.25) is 0 Å². The van der Waals surface area contributed by atoms with Gasteiger partial charge in [-0.3, -0.25) is 0 Å². The molecule has 0 aliphatic carbocycles. The Balaban J connectivity index is 1.99. The van der Waals surface area contributed by atoms with E-state index in [9.17, 15) is 0 Å². The van der Waals surface area contributed by atoms with Gasteiger partial charge in [-0.1, -0.05) is 28.9 Å². The summed E-state index contributed by atoms with van der Waals surface area (Å²) in [7, 11) is 0. The predicted octanol–water partition coefficient (Wildman–Crippen LogP) is 4.39. The minimum Gasteiger partial charge on any atom is -0.379 e. The Labute approximate surface area is 114 Å². The van der Waals surface area contributed by atoms with Gasteiger partial charge < -0.3 is 5.32 Å². The number of hydrogen-bond donors (Lipinski definition) is 1. The van der Waals surface area contributed by atoms with Crippen LogP contribution in [0.25, 0.3) is 0 Å². The number of nitrogens with one attached hydrogen (secondary N) is 1. The van der Waals surface area contributed by atoms with Gasteiger partial charge in [0.2, 0.25) is 0 Å². The van der Waals surface area contributed by atoms with Gasteiger partial charge in [-0.15, -0.1) is 11.3 Å². The quantitative estimate of drug-likeness (QED) is 0.906. The van der Waals surface area contributed by atoms with Gasteiger partial charge in [0.1, 0.15) is 0 Å². The van der Waals surface area contributed by atoms with Crippen LogP contribution in [0.3, 0.4) is 0 Å². The van der Waals surface area contributed by atoms with Crippen LogP contribution in [-0.4, -0.2) is 4.98 Å². The summed E-state index contributed by atoms with van der Waals surface area (Å²) in [6.45, 7) is 5.00.